The molecule has 1 aromatic rings. The Labute approximate surface area is 95.5 Å². The largest absolute Gasteiger partial charge is 0.417 e. The molecule has 0 unspecified atom stereocenters. The Morgan fingerprint density at radius 3 is 2.59 bits per heavy atom. The number of aliphatic hydroxyl groups is 1. The molecule has 7 heteroatoms. The fraction of sp³-hybridized carbons (Fsp3) is 0.400. The second-order valence-corrected chi connectivity index (χ2v) is 3.49. The molecule has 4 nitrogen and oxygen atoms in total. The zero-order valence-electron chi connectivity index (χ0n) is 8.95. The smallest absolute Gasteiger partial charge is 0.394 e. The molecule has 94 valence electrons. The van der Waals surface area contributed by atoms with Gasteiger partial charge in [-0.2, -0.15) is 13.2 Å². The van der Waals surface area contributed by atoms with Crippen molar-refractivity contribution in [1.82, 2.24) is 10.3 Å². The Balaban J connectivity index is 2.78. The predicted molar refractivity (Wildman–Crippen MR) is 53.3 cm³/mol. The summed E-state index contributed by atoms with van der Waals surface area (Å²) < 4.78 is 36.6. The number of halogens is 3. The summed E-state index contributed by atoms with van der Waals surface area (Å²) in [5.41, 5.74) is -1.04. The molecule has 1 aromatic heterocycles. The highest BCUT2D eigenvalue weighted by Crippen LogP contribution is 2.28. The molecule has 1 rings (SSSR count). The van der Waals surface area contributed by atoms with Gasteiger partial charge in [0.05, 0.1) is 12.2 Å². The van der Waals surface area contributed by atoms with Crippen LogP contribution in [0.15, 0.2) is 18.3 Å². The first kappa shape index (κ1) is 13.4. The van der Waals surface area contributed by atoms with E-state index >= 15 is 0 Å². The number of pyridine rings is 1. The number of nitrogens with one attached hydrogen (secondary N) is 1. The molecule has 1 heterocycles. The van der Waals surface area contributed by atoms with Crippen LogP contribution >= 0.6 is 0 Å². The van der Waals surface area contributed by atoms with Gasteiger partial charge >= 0.3 is 6.18 Å². The average molecular weight is 248 g/mol. The summed E-state index contributed by atoms with van der Waals surface area (Å²) in [6.07, 6.45) is -3.88. The van der Waals surface area contributed by atoms with Crippen LogP contribution in [0.4, 0.5) is 13.2 Å². The molecule has 0 fully saturated rings. The van der Waals surface area contributed by atoms with Crippen molar-refractivity contribution < 1.29 is 23.1 Å². The highest BCUT2D eigenvalue weighted by Gasteiger charge is 2.30. The van der Waals surface area contributed by atoms with E-state index in [1.54, 1.807) is 6.92 Å². The summed E-state index contributed by atoms with van der Waals surface area (Å²) in [6, 6.07) is 1.29. The van der Waals surface area contributed by atoms with Crippen LogP contribution in [0.1, 0.15) is 23.0 Å². The number of aliphatic hydroxyl groups excluding tert-OH is 1. The van der Waals surface area contributed by atoms with Crippen LogP contribution in [-0.2, 0) is 6.18 Å². The number of hydrogen-bond acceptors (Lipinski definition) is 3. The van der Waals surface area contributed by atoms with E-state index in [4.69, 9.17) is 5.11 Å². The third kappa shape index (κ3) is 3.70. The summed E-state index contributed by atoms with van der Waals surface area (Å²) in [4.78, 5) is 14.8. The van der Waals surface area contributed by atoms with Crippen LogP contribution in [0.3, 0.4) is 0 Å². The van der Waals surface area contributed by atoms with Gasteiger partial charge in [0.25, 0.3) is 5.91 Å². The summed E-state index contributed by atoms with van der Waals surface area (Å²) >= 11 is 0. The topological polar surface area (TPSA) is 62.2 Å². The van der Waals surface area contributed by atoms with E-state index in [0.717, 1.165) is 12.1 Å². The van der Waals surface area contributed by atoms with Gasteiger partial charge in [0, 0.05) is 12.2 Å². The quantitative estimate of drug-likeness (QED) is 0.845. The van der Waals surface area contributed by atoms with Crippen LogP contribution in [-0.4, -0.2) is 28.6 Å². The van der Waals surface area contributed by atoms with Gasteiger partial charge in [0.2, 0.25) is 0 Å². The van der Waals surface area contributed by atoms with Crippen LogP contribution in [0.2, 0.25) is 0 Å². The average Bonchev–Trinajstić information content (AvgIpc) is 2.27. The maximum Gasteiger partial charge on any atom is 0.417 e. The second kappa shape index (κ2) is 5.13. The van der Waals surface area contributed by atoms with Crippen LogP contribution in [0.25, 0.3) is 0 Å². The minimum absolute atomic E-state index is 0.127. The van der Waals surface area contributed by atoms with Crippen molar-refractivity contribution in [2.45, 2.75) is 19.1 Å². The fourth-order valence-electron chi connectivity index (χ4n) is 1.04. The number of carbonyl (C=O) groups excluding carboxylic acids is 1. The van der Waals surface area contributed by atoms with Crippen molar-refractivity contribution in [3.8, 4) is 0 Å². The third-order valence-corrected chi connectivity index (χ3v) is 1.97. The second-order valence-electron chi connectivity index (χ2n) is 3.49. The minimum atomic E-state index is -4.47. The Hall–Kier alpha value is -1.63. The molecule has 1 amide bonds. The first-order chi connectivity index (χ1) is 7.84. The maximum absolute atomic E-state index is 12.2. The molecule has 0 aliphatic heterocycles. The summed E-state index contributed by atoms with van der Waals surface area (Å²) in [6.45, 7) is 1.30. The highest BCUT2D eigenvalue weighted by molar-refractivity contribution is 5.92. The third-order valence-electron chi connectivity index (χ3n) is 1.97. The molecule has 0 spiro atoms. The van der Waals surface area contributed by atoms with Gasteiger partial charge in [0.1, 0.15) is 5.69 Å². The lowest BCUT2D eigenvalue weighted by molar-refractivity contribution is -0.137. The van der Waals surface area contributed by atoms with E-state index in [1.165, 1.54) is 0 Å². The van der Waals surface area contributed by atoms with E-state index in [2.05, 4.69) is 10.3 Å². The van der Waals surface area contributed by atoms with Crippen LogP contribution in [0.5, 0.6) is 0 Å². The Morgan fingerprint density at radius 2 is 2.18 bits per heavy atom. The van der Waals surface area contributed by atoms with Crippen molar-refractivity contribution in [2.24, 2.45) is 0 Å². The van der Waals surface area contributed by atoms with E-state index in [1.807, 2.05) is 0 Å². The lowest BCUT2D eigenvalue weighted by Gasteiger charge is -2.10. The van der Waals surface area contributed by atoms with Gasteiger partial charge in [-0.25, -0.2) is 0 Å². The van der Waals surface area contributed by atoms with Gasteiger partial charge in [0.15, 0.2) is 0 Å². The zero-order valence-corrected chi connectivity index (χ0v) is 8.95. The molecule has 2 N–H and O–H groups in total. The molecule has 1 atom stereocenters. The molecule has 0 bridgehead atoms. The van der Waals surface area contributed by atoms with E-state index in [0.29, 0.717) is 6.20 Å². The van der Waals surface area contributed by atoms with Gasteiger partial charge in [-0.1, -0.05) is 0 Å². The Kier molecular flexibility index (Phi) is 4.06. The SMILES string of the molecule is C[C@H](CO)NC(=O)c1ccc(C(F)(F)F)cn1. The number of carbonyl (C=O) groups is 1. The summed E-state index contributed by atoms with van der Waals surface area (Å²) in [5, 5.41) is 11.1. The maximum atomic E-state index is 12.2. The molecule has 0 saturated carbocycles. The van der Waals surface area contributed by atoms with Crippen molar-refractivity contribution in [2.75, 3.05) is 6.61 Å². The molecule has 17 heavy (non-hydrogen) atoms. The minimum Gasteiger partial charge on any atom is -0.394 e. The Morgan fingerprint density at radius 1 is 1.53 bits per heavy atom. The number of hydrogen-bond donors (Lipinski definition) is 2. The monoisotopic (exact) mass is 248 g/mol. The van der Waals surface area contributed by atoms with Crippen molar-refractivity contribution in [3.63, 3.8) is 0 Å². The summed E-state index contributed by atoms with van der Waals surface area (Å²) in [7, 11) is 0. The van der Waals surface area contributed by atoms with Gasteiger partial charge < -0.3 is 10.4 Å². The normalized spacial score (nSPS) is 13.2. The number of amides is 1. The summed E-state index contributed by atoms with van der Waals surface area (Å²) in [5.74, 6) is -0.625. The molecule has 0 saturated heterocycles. The fourth-order valence-corrected chi connectivity index (χ4v) is 1.04. The van der Waals surface area contributed by atoms with E-state index < -0.39 is 23.7 Å². The number of nitrogens with zero attached hydrogens (tertiary/aromatic N) is 1. The van der Waals surface area contributed by atoms with Gasteiger partial charge in [-0.3, -0.25) is 9.78 Å². The number of rotatable bonds is 3. The molecule has 0 aromatic carbocycles. The zero-order chi connectivity index (χ0) is 13.1. The van der Waals surface area contributed by atoms with E-state index in [9.17, 15) is 18.0 Å². The van der Waals surface area contributed by atoms with Gasteiger partial charge in [-0.05, 0) is 19.1 Å². The number of aromatic nitrogens is 1. The first-order valence-corrected chi connectivity index (χ1v) is 4.79. The first-order valence-electron chi connectivity index (χ1n) is 4.79. The molecule has 0 radical (unpaired) electrons. The Bertz CT molecular complexity index is 390. The lowest BCUT2D eigenvalue weighted by Crippen LogP contribution is -2.35. The van der Waals surface area contributed by atoms with Crippen molar-refractivity contribution in [3.05, 3.63) is 29.6 Å². The van der Waals surface area contributed by atoms with Crippen LogP contribution in [0, 0.1) is 0 Å². The highest BCUT2D eigenvalue weighted by atomic mass is 19.4. The van der Waals surface area contributed by atoms with E-state index in [-0.39, 0.29) is 12.3 Å². The van der Waals surface area contributed by atoms with Gasteiger partial charge in [-0.15, -0.1) is 0 Å². The lowest BCUT2D eigenvalue weighted by atomic mass is 10.2. The van der Waals surface area contributed by atoms with Crippen molar-refractivity contribution in [1.29, 1.82) is 0 Å². The number of alkyl halides is 3. The van der Waals surface area contributed by atoms with Crippen LogP contribution < -0.4 is 5.32 Å². The standard InChI is InChI=1S/C10H11F3N2O2/c1-6(5-16)15-9(17)8-3-2-7(4-14-8)10(11,12)13/h2-4,6,16H,5H2,1H3,(H,15,17)/t6-/m1/s1. The predicted octanol–water partition coefficient (Wildman–Crippen LogP) is 1.21. The molecular formula is C10H11F3N2O2. The molecular weight excluding hydrogens is 237 g/mol. The molecule has 0 aliphatic carbocycles. The van der Waals surface area contributed by atoms with Crippen molar-refractivity contribution >= 4 is 5.91 Å². The molecule has 0 aliphatic rings.